The van der Waals surface area contributed by atoms with Gasteiger partial charge in [0.05, 0.1) is 12.4 Å². The minimum Gasteiger partial charge on any atom is -0.469 e. The second-order valence-electron chi connectivity index (χ2n) is 4.69. The zero-order valence-electron chi connectivity index (χ0n) is 10.8. The molecule has 0 bridgehead atoms. The van der Waals surface area contributed by atoms with Gasteiger partial charge in [0, 0.05) is 18.0 Å². The quantitative estimate of drug-likeness (QED) is 0.870. The van der Waals surface area contributed by atoms with E-state index in [1.807, 2.05) is 44.2 Å². The average Bonchev–Trinajstić information content (AvgIpc) is 2.79. The number of benzene rings is 1. The molecule has 2 aromatic rings. The first-order chi connectivity index (χ1) is 8.61. The summed E-state index contributed by atoms with van der Waals surface area (Å²) in [6.07, 6.45) is 0.965. The van der Waals surface area contributed by atoms with Crippen molar-refractivity contribution in [1.29, 1.82) is 0 Å². The molecule has 2 atom stereocenters. The van der Waals surface area contributed by atoms with Crippen LogP contribution in [0, 0.1) is 13.8 Å². The number of aliphatic hydroxyl groups excluding tert-OH is 1. The highest BCUT2D eigenvalue weighted by Gasteiger charge is 2.22. The highest BCUT2D eigenvalue weighted by Crippen LogP contribution is 2.31. The molecule has 0 saturated carbocycles. The zero-order valence-corrected chi connectivity index (χ0v) is 10.8. The number of rotatable bonds is 4. The Hall–Kier alpha value is -1.58. The molecular weight excluding hydrogens is 226 g/mol. The summed E-state index contributed by atoms with van der Waals surface area (Å²) in [4.78, 5) is 0. The highest BCUT2D eigenvalue weighted by molar-refractivity contribution is 5.28. The molecule has 1 heterocycles. The molecule has 1 aromatic carbocycles. The fourth-order valence-corrected chi connectivity index (χ4v) is 2.11. The Labute approximate surface area is 107 Å². The summed E-state index contributed by atoms with van der Waals surface area (Å²) in [5.41, 5.74) is 8.83. The second kappa shape index (κ2) is 5.38. The Kier molecular flexibility index (Phi) is 3.84. The molecule has 0 saturated heterocycles. The van der Waals surface area contributed by atoms with Crippen LogP contribution in [0.2, 0.25) is 0 Å². The van der Waals surface area contributed by atoms with Gasteiger partial charge < -0.3 is 15.3 Å². The van der Waals surface area contributed by atoms with E-state index >= 15 is 0 Å². The summed E-state index contributed by atoms with van der Waals surface area (Å²) >= 11 is 0. The number of furan rings is 1. The summed E-state index contributed by atoms with van der Waals surface area (Å²) in [5.74, 6) is 0.686. The lowest BCUT2D eigenvalue weighted by molar-refractivity contribution is 0.146. The van der Waals surface area contributed by atoms with Gasteiger partial charge in [-0.2, -0.15) is 0 Å². The summed E-state index contributed by atoms with van der Waals surface area (Å²) < 4.78 is 5.23. The van der Waals surface area contributed by atoms with Gasteiger partial charge in [0.25, 0.3) is 0 Å². The standard InChI is InChI=1S/C15H19NO2/c1-10-3-5-12(6-4-10)14(8-16)15(17)13-7-11(2)18-9-13/h3-7,9,14-15,17H,8,16H2,1-2H3. The van der Waals surface area contributed by atoms with Crippen molar-refractivity contribution < 1.29 is 9.52 Å². The number of aryl methyl sites for hydroxylation is 2. The first kappa shape index (κ1) is 12.9. The van der Waals surface area contributed by atoms with E-state index in [4.69, 9.17) is 10.2 Å². The zero-order chi connectivity index (χ0) is 13.1. The van der Waals surface area contributed by atoms with Crippen LogP contribution in [0.5, 0.6) is 0 Å². The molecule has 0 radical (unpaired) electrons. The predicted molar refractivity (Wildman–Crippen MR) is 71.4 cm³/mol. The largest absolute Gasteiger partial charge is 0.469 e. The van der Waals surface area contributed by atoms with E-state index in [-0.39, 0.29) is 5.92 Å². The van der Waals surface area contributed by atoms with Crippen LogP contribution in [0.4, 0.5) is 0 Å². The van der Waals surface area contributed by atoms with Crippen molar-refractivity contribution in [2.24, 2.45) is 5.73 Å². The number of aliphatic hydroxyl groups is 1. The Morgan fingerprint density at radius 1 is 1.17 bits per heavy atom. The van der Waals surface area contributed by atoms with Crippen molar-refractivity contribution in [2.45, 2.75) is 25.9 Å². The molecule has 0 aliphatic heterocycles. The van der Waals surface area contributed by atoms with E-state index in [1.54, 1.807) is 6.26 Å². The third-order valence-corrected chi connectivity index (χ3v) is 3.23. The van der Waals surface area contributed by atoms with Crippen molar-refractivity contribution >= 4 is 0 Å². The maximum Gasteiger partial charge on any atom is 0.101 e. The van der Waals surface area contributed by atoms with Crippen LogP contribution in [0.3, 0.4) is 0 Å². The Morgan fingerprint density at radius 2 is 1.83 bits per heavy atom. The topological polar surface area (TPSA) is 59.4 Å². The minimum atomic E-state index is -0.629. The molecule has 0 spiro atoms. The van der Waals surface area contributed by atoms with Gasteiger partial charge >= 0.3 is 0 Å². The van der Waals surface area contributed by atoms with Crippen LogP contribution < -0.4 is 5.73 Å². The van der Waals surface area contributed by atoms with Crippen LogP contribution in [0.25, 0.3) is 0 Å². The van der Waals surface area contributed by atoms with E-state index in [9.17, 15) is 5.11 Å². The molecular formula is C15H19NO2. The summed E-state index contributed by atoms with van der Waals surface area (Å²) in [7, 11) is 0. The molecule has 2 rings (SSSR count). The molecule has 0 aliphatic carbocycles. The lowest BCUT2D eigenvalue weighted by Crippen LogP contribution is -2.19. The monoisotopic (exact) mass is 245 g/mol. The molecule has 0 amide bonds. The van der Waals surface area contributed by atoms with Gasteiger partial charge in [-0.05, 0) is 25.5 Å². The third kappa shape index (κ3) is 2.63. The van der Waals surface area contributed by atoms with E-state index in [0.717, 1.165) is 16.9 Å². The fraction of sp³-hybridized carbons (Fsp3) is 0.333. The minimum absolute atomic E-state index is 0.109. The first-order valence-electron chi connectivity index (χ1n) is 6.11. The Bertz CT molecular complexity index is 501. The van der Waals surface area contributed by atoms with Crippen molar-refractivity contribution in [3.63, 3.8) is 0 Å². The van der Waals surface area contributed by atoms with E-state index < -0.39 is 6.10 Å². The van der Waals surface area contributed by atoms with Crippen LogP contribution in [0.15, 0.2) is 41.0 Å². The predicted octanol–water partition coefficient (Wildman–Crippen LogP) is 2.67. The highest BCUT2D eigenvalue weighted by atomic mass is 16.3. The third-order valence-electron chi connectivity index (χ3n) is 3.23. The van der Waals surface area contributed by atoms with Gasteiger partial charge in [0.15, 0.2) is 0 Å². The van der Waals surface area contributed by atoms with Crippen molar-refractivity contribution in [3.05, 3.63) is 59.0 Å². The molecule has 18 heavy (non-hydrogen) atoms. The number of hydrogen-bond donors (Lipinski definition) is 2. The lowest BCUT2D eigenvalue weighted by atomic mass is 9.90. The molecule has 0 fully saturated rings. The lowest BCUT2D eigenvalue weighted by Gasteiger charge is -2.21. The average molecular weight is 245 g/mol. The summed E-state index contributed by atoms with van der Waals surface area (Å²) in [6, 6.07) is 9.95. The molecule has 0 aliphatic rings. The molecule has 2 unspecified atom stereocenters. The smallest absolute Gasteiger partial charge is 0.101 e. The Morgan fingerprint density at radius 3 is 2.33 bits per heavy atom. The van der Waals surface area contributed by atoms with E-state index in [2.05, 4.69) is 0 Å². The van der Waals surface area contributed by atoms with Crippen molar-refractivity contribution in [1.82, 2.24) is 0 Å². The summed E-state index contributed by atoms with van der Waals surface area (Å²) in [5, 5.41) is 10.4. The molecule has 3 N–H and O–H groups in total. The van der Waals surface area contributed by atoms with Crippen LogP contribution in [0.1, 0.15) is 34.5 Å². The maximum absolute atomic E-state index is 10.4. The SMILES string of the molecule is Cc1ccc(C(CN)C(O)c2coc(C)c2)cc1. The van der Waals surface area contributed by atoms with E-state index in [1.165, 1.54) is 5.56 Å². The fourth-order valence-electron chi connectivity index (χ4n) is 2.11. The summed E-state index contributed by atoms with van der Waals surface area (Å²) in [6.45, 7) is 4.30. The van der Waals surface area contributed by atoms with Crippen molar-refractivity contribution in [3.8, 4) is 0 Å². The number of hydrogen-bond acceptors (Lipinski definition) is 3. The van der Waals surface area contributed by atoms with Crippen molar-refractivity contribution in [2.75, 3.05) is 6.54 Å². The van der Waals surface area contributed by atoms with Crippen LogP contribution in [-0.2, 0) is 0 Å². The van der Waals surface area contributed by atoms with Gasteiger partial charge in [-0.1, -0.05) is 29.8 Å². The molecule has 3 heteroatoms. The second-order valence-corrected chi connectivity index (χ2v) is 4.69. The van der Waals surface area contributed by atoms with Gasteiger partial charge in [-0.15, -0.1) is 0 Å². The first-order valence-corrected chi connectivity index (χ1v) is 6.11. The molecule has 96 valence electrons. The van der Waals surface area contributed by atoms with Gasteiger partial charge in [0.1, 0.15) is 5.76 Å². The molecule has 1 aromatic heterocycles. The van der Waals surface area contributed by atoms with Gasteiger partial charge in [-0.25, -0.2) is 0 Å². The number of nitrogens with two attached hydrogens (primary N) is 1. The normalized spacial score (nSPS) is 14.4. The van der Waals surface area contributed by atoms with Gasteiger partial charge in [-0.3, -0.25) is 0 Å². The van der Waals surface area contributed by atoms with Crippen LogP contribution >= 0.6 is 0 Å². The Balaban J connectivity index is 2.25. The van der Waals surface area contributed by atoms with E-state index in [0.29, 0.717) is 6.54 Å². The van der Waals surface area contributed by atoms with Gasteiger partial charge in [0.2, 0.25) is 0 Å². The maximum atomic E-state index is 10.4. The van der Waals surface area contributed by atoms with Crippen LogP contribution in [-0.4, -0.2) is 11.7 Å². The molecule has 3 nitrogen and oxygen atoms in total.